The van der Waals surface area contributed by atoms with Crippen molar-refractivity contribution in [2.45, 2.75) is 39.5 Å². The molecule has 0 radical (unpaired) electrons. The highest BCUT2D eigenvalue weighted by Crippen LogP contribution is 2.28. The molecule has 9 nitrogen and oxygen atoms in total. The van der Waals surface area contributed by atoms with Gasteiger partial charge in [-0.3, -0.25) is 4.79 Å². The molecule has 0 atom stereocenters. The summed E-state index contributed by atoms with van der Waals surface area (Å²) in [4.78, 5) is 40.5. The molecule has 0 spiro atoms. The predicted octanol–water partition coefficient (Wildman–Crippen LogP) is 3.33. The number of nitrogens with zero attached hydrogens (tertiary/aromatic N) is 2. The Kier molecular flexibility index (Phi) is 7.29. The molecule has 0 saturated carbocycles. The van der Waals surface area contributed by atoms with E-state index in [9.17, 15) is 29.7 Å². The highest BCUT2D eigenvalue weighted by atomic mass is 16.5. The van der Waals surface area contributed by atoms with Gasteiger partial charge in [0.05, 0.1) is 0 Å². The number of ketones is 1. The summed E-state index contributed by atoms with van der Waals surface area (Å²) in [5, 5.41) is 29.7. The fourth-order valence-electron chi connectivity index (χ4n) is 3.66. The lowest BCUT2D eigenvalue weighted by molar-refractivity contribution is -0.131. The molecule has 9 heteroatoms. The van der Waals surface area contributed by atoms with Gasteiger partial charge in [0.25, 0.3) is 5.78 Å². The third-order valence-corrected chi connectivity index (χ3v) is 5.21. The van der Waals surface area contributed by atoms with Gasteiger partial charge in [-0.15, -0.1) is 0 Å². The number of rotatable bonds is 10. The topological polar surface area (TPSA) is 139 Å². The number of Topliss-reactive ketones (excluding diaryl/α,β-unsaturated/α-hetero) is 1. The van der Waals surface area contributed by atoms with Crippen LogP contribution < -0.4 is 0 Å². The molecule has 3 aromatic rings. The molecule has 0 unspecified atom stereocenters. The number of aliphatic carboxylic acids is 1. The molecule has 3 N–H and O–H groups in total. The van der Waals surface area contributed by atoms with E-state index in [0.29, 0.717) is 23.3 Å². The molecule has 1 aromatic heterocycles. The van der Waals surface area contributed by atoms with Crippen LogP contribution in [0, 0.1) is 0 Å². The van der Waals surface area contributed by atoms with E-state index in [1.807, 2.05) is 6.07 Å². The smallest absolute Gasteiger partial charge is 0.377 e. The summed E-state index contributed by atoms with van der Waals surface area (Å²) in [6.45, 7) is 5.02. The van der Waals surface area contributed by atoms with Gasteiger partial charge in [-0.1, -0.05) is 42.5 Å². The summed E-state index contributed by atoms with van der Waals surface area (Å²) >= 11 is 0. The first-order chi connectivity index (χ1) is 16.0. The van der Waals surface area contributed by atoms with Crippen LogP contribution in [-0.2, 0) is 28.3 Å². The molecular formula is C25H26N2O7. The molecule has 34 heavy (non-hydrogen) atoms. The van der Waals surface area contributed by atoms with E-state index in [2.05, 4.69) is 4.98 Å². The van der Waals surface area contributed by atoms with Crippen molar-refractivity contribution in [1.82, 2.24) is 9.55 Å². The summed E-state index contributed by atoms with van der Waals surface area (Å²) < 4.78 is 6.84. The quantitative estimate of drug-likeness (QED) is 0.305. The number of hydrogen-bond acceptors (Lipinski definition) is 6. The van der Waals surface area contributed by atoms with E-state index >= 15 is 0 Å². The SMILES string of the molecule is CCOCc1nc(C(C)(C)O)c(C(=O)O)n1Cc1ccc(-c2ccccc2)c(C(=O)C(=O)O)c1. The molecule has 0 aliphatic heterocycles. The normalized spacial score (nSPS) is 11.4. The lowest BCUT2D eigenvalue weighted by Gasteiger charge is -2.16. The Bertz CT molecular complexity index is 1220. The van der Waals surface area contributed by atoms with Crippen LogP contribution in [0.3, 0.4) is 0 Å². The van der Waals surface area contributed by atoms with Gasteiger partial charge in [0, 0.05) is 18.7 Å². The largest absolute Gasteiger partial charge is 0.477 e. The Labute approximate surface area is 196 Å². The summed E-state index contributed by atoms with van der Waals surface area (Å²) in [5.41, 5.74) is -0.146. The van der Waals surface area contributed by atoms with Crippen molar-refractivity contribution in [2.75, 3.05) is 6.61 Å². The number of aliphatic hydroxyl groups is 1. The summed E-state index contributed by atoms with van der Waals surface area (Å²) in [6.07, 6.45) is 0. The van der Waals surface area contributed by atoms with Gasteiger partial charge < -0.3 is 24.6 Å². The standard InChI is InChI=1S/C25H26N2O7/c1-4-34-14-19-26-22(25(2,3)33)20(23(29)30)27(19)13-15-10-11-17(16-8-6-5-7-9-16)18(12-15)21(28)24(31)32/h5-12,33H,4,13-14H2,1-3H3,(H,29,30)(H,31,32). The van der Waals surface area contributed by atoms with E-state index in [1.165, 1.54) is 24.5 Å². The van der Waals surface area contributed by atoms with Gasteiger partial charge in [-0.2, -0.15) is 0 Å². The average molecular weight is 466 g/mol. The van der Waals surface area contributed by atoms with Crippen LogP contribution in [0.25, 0.3) is 11.1 Å². The van der Waals surface area contributed by atoms with E-state index in [4.69, 9.17) is 4.74 Å². The van der Waals surface area contributed by atoms with Crippen molar-refractivity contribution in [1.29, 1.82) is 0 Å². The molecule has 0 aliphatic carbocycles. The van der Waals surface area contributed by atoms with Crippen molar-refractivity contribution in [3.8, 4) is 11.1 Å². The highest BCUT2D eigenvalue weighted by Gasteiger charge is 2.32. The molecule has 3 rings (SSSR count). The second-order valence-corrected chi connectivity index (χ2v) is 8.19. The molecule has 0 aliphatic rings. The lowest BCUT2D eigenvalue weighted by atomic mass is 9.95. The number of hydrogen-bond donors (Lipinski definition) is 3. The molecular weight excluding hydrogens is 440 g/mol. The Hall–Kier alpha value is -3.82. The summed E-state index contributed by atoms with van der Waals surface area (Å²) in [5.74, 6) is -3.66. The van der Waals surface area contributed by atoms with E-state index in [-0.39, 0.29) is 35.9 Å². The third-order valence-electron chi connectivity index (χ3n) is 5.21. The van der Waals surface area contributed by atoms with Crippen LogP contribution in [0.4, 0.5) is 0 Å². The van der Waals surface area contributed by atoms with Crippen molar-refractivity contribution in [2.24, 2.45) is 0 Å². The second kappa shape index (κ2) is 9.98. The van der Waals surface area contributed by atoms with Crippen LogP contribution in [-0.4, -0.2) is 49.2 Å². The summed E-state index contributed by atoms with van der Waals surface area (Å²) in [6, 6.07) is 13.7. The van der Waals surface area contributed by atoms with Gasteiger partial charge in [0.15, 0.2) is 5.69 Å². The van der Waals surface area contributed by atoms with Gasteiger partial charge in [-0.05, 0) is 43.5 Å². The molecule has 0 amide bonds. The number of ether oxygens (including phenoxy) is 1. The number of aromatic carboxylic acids is 1. The number of benzene rings is 2. The molecule has 0 bridgehead atoms. The second-order valence-electron chi connectivity index (χ2n) is 8.19. The molecule has 1 heterocycles. The van der Waals surface area contributed by atoms with Crippen LogP contribution in [0.15, 0.2) is 48.5 Å². The zero-order valence-electron chi connectivity index (χ0n) is 19.1. The minimum atomic E-state index is -1.59. The zero-order valence-corrected chi connectivity index (χ0v) is 19.1. The minimum absolute atomic E-state index is 0.00979. The predicted molar refractivity (Wildman–Crippen MR) is 123 cm³/mol. The highest BCUT2D eigenvalue weighted by molar-refractivity contribution is 6.41. The van der Waals surface area contributed by atoms with E-state index < -0.39 is 23.3 Å². The number of imidazole rings is 1. The molecule has 0 saturated heterocycles. The van der Waals surface area contributed by atoms with Gasteiger partial charge >= 0.3 is 11.9 Å². The molecule has 2 aromatic carbocycles. The minimum Gasteiger partial charge on any atom is -0.477 e. The van der Waals surface area contributed by atoms with Crippen molar-refractivity contribution >= 4 is 17.7 Å². The molecule has 178 valence electrons. The Morgan fingerprint density at radius 1 is 1.06 bits per heavy atom. The number of carbonyl (C=O) groups excluding carboxylic acids is 1. The van der Waals surface area contributed by atoms with Crippen LogP contribution >= 0.6 is 0 Å². The number of carboxylic acid groups (broad SMARTS) is 2. The fourth-order valence-corrected chi connectivity index (χ4v) is 3.66. The van der Waals surface area contributed by atoms with Crippen molar-refractivity contribution in [3.63, 3.8) is 0 Å². The Morgan fingerprint density at radius 2 is 1.74 bits per heavy atom. The Morgan fingerprint density at radius 3 is 2.29 bits per heavy atom. The first-order valence-corrected chi connectivity index (χ1v) is 10.6. The van der Waals surface area contributed by atoms with Crippen molar-refractivity contribution in [3.05, 3.63) is 76.9 Å². The number of aromatic nitrogens is 2. The first kappa shape index (κ1) is 24.8. The first-order valence-electron chi connectivity index (χ1n) is 10.6. The average Bonchev–Trinajstić information content (AvgIpc) is 3.16. The van der Waals surface area contributed by atoms with Crippen molar-refractivity contribution < 1.29 is 34.4 Å². The maximum absolute atomic E-state index is 12.5. The van der Waals surface area contributed by atoms with Gasteiger partial charge in [0.2, 0.25) is 0 Å². The third kappa shape index (κ3) is 5.22. The maximum Gasteiger partial charge on any atom is 0.377 e. The lowest BCUT2D eigenvalue weighted by Crippen LogP contribution is -2.22. The van der Waals surface area contributed by atoms with Crippen LogP contribution in [0.5, 0.6) is 0 Å². The molecule has 0 fully saturated rings. The van der Waals surface area contributed by atoms with E-state index in [0.717, 1.165) is 0 Å². The number of carbonyl (C=O) groups is 3. The number of carboxylic acids is 2. The van der Waals surface area contributed by atoms with Gasteiger partial charge in [-0.25, -0.2) is 14.6 Å². The fraction of sp³-hybridized carbons (Fsp3) is 0.280. The summed E-state index contributed by atoms with van der Waals surface area (Å²) in [7, 11) is 0. The van der Waals surface area contributed by atoms with Crippen LogP contribution in [0.2, 0.25) is 0 Å². The monoisotopic (exact) mass is 466 g/mol. The Balaban J connectivity index is 2.16. The van der Waals surface area contributed by atoms with Gasteiger partial charge in [0.1, 0.15) is 23.7 Å². The maximum atomic E-state index is 12.5. The van der Waals surface area contributed by atoms with Crippen LogP contribution in [0.1, 0.15) is 58.7 Å². The van der Waals surface area contributed by atoms with E-state index in [1.54, 1.807) is 43.3 Å². The zero-order chi connectivity index (χ0) is 25.0.